The Morgan fingerprint density at radius 3 is 2.57 bits per heavy atom. The number of anilines is 1. The minimum atomic E-state index is -1.26. The van der Waals surface area contributed by atoms with E-state index < -0.39 is 35.9 Å². The van der Waals surface area contributed by atoms with Crippen LogP contribution in [0.15, 0.2) is 24.3 Å². The molecule has 0 spiro atoms. The SMILES string of the molecule is COC(=O)c1c(NC(=O)CN2C(=O)NC(C)(c3ccc(C(C)C)cc3)C2=O)sc2c1CCC(C)C2. The number of nitrogens with one attached hydrogen (secondary N) is 2. The summed E-state index contributed by atoms with van der Waals surface area (Å²) in [5, 5.41) is 5.89. The summed E-state index contributed by atoms with van der Waals surface area (Å²) >= 11 is 1.36. The van der Waals surface area contributed by atoms with Crippen molar-refractivity contribution in [2.24, 2.45) is 5.92 Å². The molecule has 0 bridgehead atoms. The minimum absolute atomic E-state index is 0.340. The van der Waals surface area contributed by atoms with Crippen molar-refractivity contribution in [3.8, 4) is 0 Å². The number of urea groups is 1. The van der Waals surface area contributed by atoms with E-state index in [0.29, 0.717) is 28.0 Å². The second-order valence-corrected chi connectivity index (χ2v) is 10.9. The molecule has 1 fully saturated rings. The van der Waals surface area contributed by atoms with E-state index in [9.17, 15) is 19.2 Å². The molecule has 1 saturated heterocycles. The third-order valence-electron chi connectivity index (χ3n) is 6.89. The summed E-state index contributed by atoms with van der Waals surface area (Å²) in [5.41, 5.74) is 1.81. The Morgan fingerprint density at radius 1 is 1.26 bits per heavy atom. The standard InChI is InChI=1S/C26H31N3O5S/c1-14(2)16-7-9-17(10-8-16)26(4)24(32)29(25(33)28-26)13-20(30)27-22-21(23(31)34-5)18-11-6-15(3)12-19(18)35-22/h7-10,14-15H,6,11-13H2,1-5H3,(H,27,30)(H,28,33). The van der Waals surface area contributed by atoms with Crippen LogP contribution in [0.3, 0.4) is 0 Å². The molecule has 1 aliphatic carbocycles. The summed E-state index contributed by atoms with van der Waals surface area (Å²) in [4.78, 5) is 53.4. The molecular weight excluding hydrogens is 466 g/mol. The number of fused-ring (bicyclic) bond motifs is 1. The Balaban J connectivity index is 1.52. The Bertz CT molecular complexity index is 1190. The van der Waals surface area contributed by atoms with E-state index in [1.54, 1.807) is 6.92 Å². The molecular formula is C26H31N3O5S. The smallest absolute Gasteiger partial charge is 0.341 e. The number of carbonyl (C=O) groups is 4. The molecule has 1 aromatic heterocycles. The van der Waals surface area contributed by atoms with Gasteiger partial charge in [0.1, 0.15) is 17.1 Å². The molecule has 2 unspecified atom stereocenters. The molecule has 1 aliphatic heterocycles. The van der Waals surface area contributed by atoms with Crippen LogP contribution in [0.2, 0.25) is 0 Å². The summed E-state index contributed by atoms with van der Waals surface area (Å²) in [7, 11) is 1.31. The van der Waals surface area contributed by atoms with Crippen LogP contribution in [-0.2, 0) is 32.7 Å². The molecule has 186 valence electrons. The second-order valence-electron chi connectivity index (χ2n) is 9.82. The van der Waals surface area contributed by atoms with Gasteiger partial charge in [-0.15, -0.1) is 11.3 Å². The lowest BCUT2D eigenvalue weighted by Crippen LogP contribution is -2.42. The number of thiophene rings is 1. The van der Waals surface area contributed by atoms with Crippen molar-refractivity contribution in [1.29, 1.82) is 0 Å². The zero-order valence-electron chi connectivity index (χ0n) is 20.7. The van der Waals surface area contributed by atoms with E-state index in [4.69, 9.17) is 4.74 Å². The van der Waals surface area contributed by atoms with Gasteiger partial charge in [0.25, 0.3) is 5.91 Å². The molecule has 35 heavy (non-hydrogen) atoms. The van der Waals surface area contributed by atoms with Crippen LogP contribution >= 0.6 is 11.3 Å². The van der Waals surface area contributed by atoms with Gasteiger partial charge in [-0.25, -0.2) is 9.59 Å². The van der Waals surface area contributed by atoms with Gasteiger partial charge >= 0.3 is 12.0 Å². The van der Waals surface area contributed by atoms with Gasteiger partial charge in [-0.2, -0.15) is 0 Å². The number of nitrogens with zero attached hydrogens (tertiary/aromatic N) is 1. The summed E-state index contributed by atoms with van der Waals surface area (Å²) < 4.78 is 4.96. The molecule has 2 N–H and O–H groups in total. The van der Waals surface area contributed by atoms with Crippen LogP contribution in [0.4, 0.5) is 9.80 Å². The predicted octanol–water partition coefficient (Wildman–Crippen LogP) is 4.19. The first-order valence-electron chi connectivity index (χ1n) is 11.8. The molecule has 1 aromatic carbocycles. The lowest BCUT2D eigenvalue weighted by molar-refractivity contribution is -0.133. The Hall–Kier alpha value is -3.20. The lowest BCUT2D eigenvalue weighted by Gasteiger charge is -2.22. The summed E-state index contributed by atoms with van der Waals surface area (Å²) in [5.74, 6) is -0.716. The quantitative estimate of drug-likeness (QED) is 0.460. The number of hydrogen-bond donors (Lipinski definition) is 2. The summed E-state index contributed by atoms with van der Waals surface area (Å²) in [6.07, 6.45) is 2.54. The molecule has 2 aliphatic rings. The van der Waals surface area contributed by atoms with Crippen molar-refractivity contribution in [2.75, 3.05) is 19.0 Å². The number of carbonyl (C=O) groups excluding carboxylic acids is 4. The van der Waals surface area contributed by atoms with Crippen molar-refractivity contribution in [1.82, 2.24) is 10.2 Å². The Labute approximate surface area is 209 Å². The molecule has 4 rings (SSSR count). The van der Waals surface area contributed by atoms with E-state index in [0.717, 1.165) is 40.2 Å². The maximum absolute atomic E-state index is 13.3. The third kappa shape index (κ3) is 4.57. The first-order valence-corrected chi connectivity index (χ1v) is 12.6. The Morgan fingerprint density at radius 2 is 1.94 bits per heavy atom. The van der Waals surface area contributed by atoms with Gasteiger partial charge in [0.15, 0.2) is 0 Å². The van der Waals surface area contributed by atoms with Crippen molar-refractivity contribution in [2.45, 2.75) is 58.4 Å². The molecule has 2 aromatic rings. The summed E-state index contributed by atoms with van der Waals surface area (Å²) in [6, 6.07) is 6.91. The highest BCUT2D eigenvalue weighted by molar-refractivity contribution is 7.17. The average molecular weight is 498 g/mol. The number of imide groups is 1. The fourth-order valence-electron chi connectivity index (χ4n) is 4.70. The fraction of sp³-hybridized carbons (Fsp3) is 0.462. The molecule has 2 heterocycles. The number of methoxy groups -OCH3 is 1. The molecule has 8 nitrogen and oxygen atoms in total. The van der Waals surface area contributed by atoms with Gasteiger partial charge in [0, 0.05) is 4.88 Å². The van der Waals surface area contributed by atoms with Crippen molar-refractivity contribution in [3.05, 3.63) is 51.4 Å². The third-order valence-corrected chi connectivity index (χ3v) is 8.06. The predicted molar refractivity (Wildman–Crippen MR) is 134 cm³/mol. The highest BCUT2D eigenvalue weighted by Gasteiger charge is 2.49. The van der Waals surface area contributed by atoms with Gasteiger partial charge in [-0.3, -0.25) is 14.5 Å². The first-order chi connectivity index (χ1) is 16.5. The molecule has 4 amide bonds. The minimum Gasteiger partial charge on any atom is -0.465 e. The van der Waals surface area contributed by atoms with Gasteiger partial charge in [0.2, 0.25) is 5.91 Å². The van der Waals surface area contributed by atoms with Gasteiger partial charge < -0.3 is 15.4 Å². The summed E-state index contributed by atoms with van der Waals surface area (Å²) in [6.45, 7) is 7.50. The molecule has 0 radical (unpaired) electrons. The normalized spacial score (nSPS) is 21.7. The second kappa shape index (κ2) is 9.45. The largest absolute Gasteiger partial charge is 0.465 e. The van der Waals surface area contributed by atoms with Crippen molar-refractivity contribution < 1.29 is 23.9 Å². The highest BCUT2D eigenvalue weighted by atomic mass is 32.1. The lowest BCUT2D eigenvalue weighted by atomic mass is 9.88. The Kier molecular flexibility index (Phi) is 6.73. The van der Waals surface area contributed by atoms with Gasteiger partial charge in [-0.05, 0) is 54.7 Å². The topological polar surface area (TPSA) is 105 Å². The number of benzene rings is 1. The maximum Gasteiger partial charge on any atom is 0.341 e. The van der Waals surface area contributed by atoms with Crippen LogP contribution in [0, 0.1) is 5.92 Å². The van der Waals surface area contributed by atoms with Crippen LogP contribution in [0.25, 0.3) is 0 Å². The van der Waals surface area contributed by atoms with Crippen LogP contribution in [-0.4, -0.2) is 42.4 Å². The highest BCUT2D eigenvalue weighted by Crippen LogP contribution is 2.40. The van der Waals surface area contributed by atoms with Crippen molar-refractivity contribution in [3.63, 3.8) is 0 Å². The number of ether oxygens (including phenoxy) is 1. The average Bonchev–Trinajstić information content (AvgIpc) is 3.27. The van der Waals surface area contributed by atoms with E-state index >= 15 is 0 Å². The molecule has 2 atom stereocenters. The van der Waals surface area contributed by atoms with Gasteiger partial charge in [0.05, 0.1) is 12.7 Å². The van der Waals surface area contributed by atoms with Crippen LogP contribution < -0.4 is 10.6 Å². The van der Waals surface area contributed by atoms with E-state index in [1.807, 2.05) is 24.3 Å². The zero-order valence-corrected chi connectivity index (χ0v) is 21.5. The van der Waals surface area contributed by atoms with Crippen LogP contribution in [0.1, 0.15) is 72.0 Å². The van der Waals surface area contributed by atoms with Gasteiger partial charge in [-0.1, -0.05) is 45.0 Å². The van der Waals surface area contributed by atoms with E-state index in [-0.39, 0.29) is 0 Å². The number of esters is 1. The van der Waals surface area contributed by atoms with E-state index in [2.05, 4.69) is 31.4 Å². The first kappa shape index (κ1) is 24.9. The number of amides is 4. The van der Waals surface area contributed by atoms with Crippen molar-refractivity contribution >= 4 is 40.2 Å². The number of rotatable bonds is 6. The molecule has 9 heteroatoms. The zero-order chi connectivity index (χ0) is 25.5. The number of hydrogen-bond acceptors (Lipinski definition) is 6. The molecule has 0 saturated carbocycles. The van der Waals surface area contributed by atoms with Crippen LogP contribution in [0.5, 0.6) is 0 Å². The van der Waals surface area contributed by atoms with E-state index in [1.165, 1.54) is 18.4 Å². The monoisotopic (exact) mass is 497 g/mol. The fourth-order valence-corrected chi connectivity index (χ4v) is 6.12. The maximum atomic E-state index is 13.3.